The molecule has 3 rings (SSSR count). The zero-order chi connectivity index (χ0) is 20.3. The molecule has 6 nitrogen and oxygen atoms in total. The van der Waals surface area contributed by atoms with Crippen LogP contribution in [-0.2, 0) is 9.53 Å². The smallest absolute Gasteiger partial charge is 0.410 e. The summed E-state index contributed by atoms with van der Waals surface area (Å²) in [5, 5.41) is 0. The van der Waals surface area contributed by atoms with Crippen LogP contribution >= 0.6 is 0 Å². The fourth-order valence-corrected chi connectivity index (χ4v) is 3.92. The summed E-state index contributed by atoms with van der Waals surface area (Å²) < 4.78 is 5.51. The molecule has 0 radical (unpaired) electrons. The van der Waals surface area contributed by atoms with Crippen molar-refractivity contribution in [2.24, 2.45) is 0 Å². The molecule has 0 aliphatic carbocycles. The summed E-state index contributed by atoms with van der Waals surface area (Å²) in [4.78, 5) is 31.6. The molecule has 1 aromatic rings. The van der Waals surface area contributed by atoms with Crippen molar-refractivity contribution in [1.82, 2.24) is 9.80 Å². The summed E-state index contributed by atoms with van der Waals surface area (Å²) >= 11 is 0. The normalized spacial score (nSPS) is 20.9. The van der Waals surface area contributed by atoms with E-state index in [4.69, 9.17) is 4.74 Å². The van der Waals surface area contributed by atoms with E-state index in [0.29, 0.717) is 13.1 Å². The quantitative estimate of drug-likeness (QED) is 0.780. The van der Waals surface area contributed by atoms with E-state index in [-0.39, 0.29) is 18.0 Å². The lowest BCUT2D eigenvalue weighted by atomic mass is 10.2. The summed E-state index contributed by atoms with van der Waals surface area (Å²) in [6, 6.07) is 8.16. The van der Waals surface area contributed by atoms with Crippen molar-refractivity contribution in [3.63, 3.8) is 0 Å². The first-order chi connectivity index (χ1) is 13.2. The van der Waals surface area contributed by atoms with Crippen LogP contribution in [0.15, 0.2) is 24.3 Å². The Morgan fingerprint density at radius 2 is 1.68 bits per heavy atom. The van der Waals surface area contributed by atoms with Crippen molar-refractivity contribution in [2.45, 2.75) is 58.6 Å². The highest BCUT2D eigenvalue weighted by Gasteiger charge is 2.38. The fourth-order valence-electron chi connectivity index (χ4n) is 3.92. The number of anilines is 1. The monoisotopic (exact) mass is 387 g/mol. The van der Waals surface area contributed by atoms with Crippen molar-refractivity contribution in [2.75, 3.05) is 37.6 Å². The third kappa shape index (κ3) is 4.97. The Morgan fingerprint density at radius 1 is 0.964 bits per heavy atom. The number of aryl methyl sites for hydroxylation is 1. The number of hydrogen-bond acceptors (Lipinski definition) is 4. The fraction of sp³-hybridized carbons (Fsp3) is 0.636. The van der Waals surface area contributed by atoms with Gasteiger partial charge in [0.1, 0.15) is 11.6 Å². The van der Waals surface area contributed by atoms with Gasteiger partial charge in [0.05, 0.1) is 0 Å². The second kappa shape index (κ2) is 8.41. The second-order valence-electron chi connectivity index (χ2n) is 8.83. The van der Waals surface area contributed by atoms with Gasteiger partial charge in [-0.25, -0.2) is 4.79 Å². The lowest BCUT2D eigenvalue weighted by Gasteiger charge is -2.31. The SMILES string of the molecule is Cc1ccc(N2CCCN(C(=O)[C@@H]3CCCN3C(=O)OC(C)(C)C)CC2)cc1. The van der Waals surface area contributed by atoms with Gasteiger partial charge in [-0.15, -0.1) is 0 Å². The maximum absolute atomic E-state index is 13.2. The molecule has 2 heterocycles. The van der Waals surface area contributed by atoms with E-state index in [1.165, 1.54) is 11.3 Å². The molecule has 6 heteroatoms. The highest BCUT2D eigenvalue weighted by atomic mass is 16.6. The van der Waals surface area contributed by atoms with Crippen LogP contribution in [0, 0.1) is 6.92 Å². The molecule has 0 aromatic heterocycles. The number of nitrogens with zero attached hydrogens (tertiary/aromatic N) is 3. The summed E-state index contributed by atoms with van der Waals surface area (Å²) in [6.45, 7) is 11.4. The van der Waals surface area contributed by atoms with Crippen LogP contribution in [0.1, 0.15) is 45.6 Å². The van der Waals surface area contributed by atoms with Crippen molar-refractivity contribution in [3.05, 3.63) is 29.8 Å². The van der Waals surface area contributed by atoms with E-state index in [9.17, 15) is 9.59 Å². The van der Waals surface area contributed by atoms with E-state index >= 15 is 0 Å². The molecular weight excluding hydrogens is 354 g/mol. The van der Waals surface area contributed by atoms with Crippen molar-refractivity contribution in [3.8, 4) is 0 Å². The number of likely N-dealkylation sites (tertiary alicyclic amines) is 1. The molecule has 2 fully saturated rings. The van der Waals surface area contributed by atoms with Gasteiger partial charge in [-0.05, 0) is 59.1 Å². The molecule has 0 unspecified atom stereocenters. The zero-order valence-corrected chi connectivity index (χ0v) is 17.6. The molecule has 2 saturated heterocycles. The average molecular weight is 388 g/mol. The van der Waals surface area contributed by atoms with Crippen LogP contribution in [-0.4, -0.2) is 66.2 Å². The summed E-state index contributed by atoms with van der Waals surface area (Å²) in [6.07, 6.45) is 2.12. The molecule has 0 saturated carbocycles. The maximum atomic E-state index is 13.2. The summed E-state index contributed by atoms with van der Waals surface area (Å²) in [5.41, 5.74) is 1.90. The van der Waals surface area contributed by atoms with Crippen molar-refractivity contribution < 1.29 is 14.3 Å². The Labute approximate surface area is 168 Å². The average Bonchev–Trinajstić information content (AvgIpc) is 2.99. The number of amides is 2. The number of benzene rings is 1. The Balaban J connectivity index is 1.62. The minimum Gasteiger partial charge on any atom is -0.444 e. The molecule has 0 bridgehead atoms. The van der Waals surface area contributed by atoms with Crippen molar-refractivity contribution in [1.29, 1.82) is 0 Å². The van der Waals surface area contributed by atoms with E-state index < -0.39 is 5.60 Å². The maximum Gasteiger partial charge on any atom is 0.410 e. The molecule has 1 atom stereocenters. The third-order valence-electron chi connectivity index (χ3n) is 5.37. The third-order valence-corrected chi connectivity index (χ3v) is 5.37. The topological polar surface area (TPSA) is 53.1 Å². The van der Waals surface area contributed by atoms with Crippen LogP contribution < -0.4 is 4.90 Å². The van der Waals surface area contributed by atoms with Gasteiger partial charge in [0.25, 0.3) is 0 Å². The minimum atomic E-state index is -0.551. The van der Waals surface area contributed by atoms with Gasteiger partial charge >= 0.3 is 6.09 Å². The second-order valence-corrected chi connectivity index (χ2v) is 8.83. The standard InChI is InChI=1S/C22H33N3O3/c1-17-8-10-18(11-9-17)23-12-6-13-24(16-15-23)20(26)19-7-5-14-25(19)21(27)28-22(2,3)4/h8-11,19H,5-7,12-16H2,1-4H3/t19-/m0/s1. The summed E-state index contributed by atoms with van der Waals surface area (Å²) in [5.74, 6) is 0.0640. The molecule has 2 aliphatic heterocycles. The zero-order valence-electron chi connectivity index (χ0n) is 17.6. The molecule has 0 N–H and O–H groups in total. The number of hydrogen-bond donors (Lipinski definition) is 0. The lowest BCUT2D eigenvalue weighted by Crippen LogP contribution is -2.49. The number of carbonyl (C=O) groups is 2. The van der Waals surface area contributed by atoms with Gasteiger partial charge in [0, 0.05) is 38.4 Å². The summed E-state index contributed by atoms with van der Waals surface area (Å²) in [7, 11) is 0. The van der Waals surface area contributed by atoms with Gasteiger partial charge in [-0.2, -0.15) is 0 Å². The lowest BCUT2D eigenvalue weighted by molar-refractivity contribution is -0.135. The molecule has 2 aliphatic rings. The first-order valence-electron chi connectivity index (χ1n) is 10.3. The van der Waals surface area contributed by atoms with E-state index in [1.807, 2.05) is 25.7 Å². The molecular formula is C22H33N3O3. The van der Waals surface area contributed by atoms with Crippen LogP contribution in [0.5, 0.6) is 0 Å². The van der Waals surface area contributed by atoms with Gasteiger partial charge in [-0.3, -0.25) is 9.69 Å². The largest absolute Gasteiger partial charge is 0.444 e. The number of ether oxygens (including phenoxy) is 1. The van der Waals surface area contributed by atoms with E-state index in [2.05, 4.69) is 36.1 Å². The Morgan fingerprint density at radius 3 is 2.36 bits per heavy atom. The van der Waals surface area contributed by atoms with Gasteiger partial charge in [0.15, 0.2) is 0 Å². The first kappa shape index (κ1) is 20.5. The minimum absolute atomic E-state index is 0.0640. The van der Waals surface area contributed by atoms with Crippen LogP contribution in [0.4, 0.5) is 10.5 Å². The molecule has 28 heavy (non-hydrogen) atoms. The highest BCUT2D eigenvalue weighted by Crippen LogP contribution is 2.24. The van der Waals surface area contributed by atoms with Crippen LogP contribution in [0.2, 0.25) is 0 Å². The predicted molar refractivity (Wildman–Crippen MR) is 111 cm³/mol. The van der Waals surface area contributed by atoms with Crippen LogP contribution in [0.25, 0.3) is 0 Å². The molecule has 2 amide bonds. The number of carbonyl (C=O) groups excluding carboxylic acids is 2. The van der Waals surface area contributed by atoms with Crippen molar-refractivity contribution >= 4 is 17.7 Å². The van der Waals surface area contributed by atoms with Gasteiger partial charge in [-0.1, -0.05) is 17.7 Å². The molecule has 0 spiro atoms. The highest BCUT2D eigenvalue weighted by molar-refractivity contribution is 5.86. The van der Waals surface area contributed by atoms with Gasteiger partial charge in [0.2, 0.25) is 5.91 Å². The number of rotatable bonds is 2. The first-order valence-corrected chi connectivity index (χ1v) is 10.3. The predicted octanol–water partition coefficient (Wildman–Crippen LogP) is 3.43. The van der Waals surface area contributed by atoms with E-state index in [0.717, 1.165) is 38.9 Å². The Hall–Kier alpha value is -2.24. The molecule has 154 valence electrons. The Bertz CT molecular complexity index is 696. The van der Waals surface area contributed by atoms with Crippen LogP contribution in [0.3, 0.4) is 0 Å². The van der Waals surface area contributed by atoms with E-state index in [1.54, 1.807) is 4.90 Å². The van der Waals surface area contributed by atoms with Gasteiger partial charge < -0.3 is 14.5 Å². The molecule has 1 aromatic carbocycles. The Kier molecular flexibility index (Phi) is 6.16.